The van der Waals surface area contributed by atoms with Gasteiger partial charge in [-0.05, 0) is 12.3 Å². The van der Waals surface area contributed by atoms with E-state index in [0.29, 0.717) is 0 Å². The van der Waals surface area contributed by atoms with Gasteiger partial charge in [0.05, 0.1) is 0 Å². The molecule has 1 N–H and O–H groups in total. The normalized spacial score (nSPS) is 45.7. The summed E-state index contributed by atoms with van der Waals surface area (Å²) in [5.74, 6) is 0.880. The Morgan fingerprint density at radius 2 is 2.43 bits per heavy atom. The zero-order valence-electron chi connectivity index (χ0n) is 4.22. The number of rotatable bonds is 0. The molecule has 1 aliphatic carbocycles. The van der Waals surface area contributed by atoms with Gasteiger partial charge in [0.1, 0.15) is 0 Å². The van der Waals surface area contributed by atoms with E-state index in [2.05, 4.69) is 17.5 Å². The summed E-state index contributed by atoms with van der Waals surface area (Å²) in [7, 11) is 0. The van der Waals surface area contributed by atoms with Crippen molar-refractivity contribution in [1.29, 1.82) is 0 Å². The molecule has 38 valence electrons. The first kappa shape index (κ1) is 3.67. The van der Waals surface area contributed by atoms with Crippen molar-refractivity contribution in [2.45, 2.75) is 12.5 Å². The Kier molecular flexibility index (Phi) is 0.577. The molecule has 1 fully saturated rings. The summed E-state index contributed by atoms with van der Waals surface area (Å²) >= 11 is 0. The van der Waals surface area contributed by atoms with Crippen molar-refractivity contribution >= 4 is 0 Å². The van der Waals surface area contributed by atoms with Crippen molar-refractivity contribution in [3.63, 3.8) is 0 Å². The van der Waals surface area contributed by atoms with Gasteiger partial charge in [-0.2, -0.15) is 0 Å². The van der Waals surface area contributed by atoms with E-state index in [1.54, 1.807) is 0 Å². The Balaban J connectivity index is 2.27. The van der Waals surface area contributed by atoms with Gasteiger partial charge < -0.3 is 5.32 Å². The lowest BCUT2D eigenvalue weighted by Crippen LogP contribution is -2.20. The minimum Gasteiger partial charge on any atom is -0.310 e. The van der Waals surface area contributed by atoms with Crippen LogP contribution in [-0.4, -0.2) is 12.6 Å². The van der Waals surface area contributed by atoms with Crippen molar-refractivity contribution in [3.8, 4) is 0 Å². The van der Waals surface area contributed by atoms with Crippen LogP contribution in [0.15, 0.2) is 12.2 Å². The molecule has 2 rings (SSSR count). The van der Waals surface area contributed by atoms with Crippen LogP contribution >= 0.6 is 0 Å². The van der Waals surface area contributed by atoms with E-state index in [9.17, 15) is 0 Å². The number of nitrogens with one attached hydrogen (secondary N) is 1. The van der Waals surface area contributed by atoms with Gasteiger partial charge in [0.25, 0.3) is 0 Å². The molecule has 0 aromatic heterocycles. The predicted octanol–water partition coefficient (Wildman–Crippen LogP) is 0.534. The lowest BCUT2D eigenvalue weighted by molar-refractivity contribution is 0.714. The second-order valence-electron chi connectivity index (χ2n) is 2.40. The molecule has 1 heteroatoms. The second kappa shape index (κ2) is 1.10. The molecule has 7 heavy (non-hydrogen) atoms. The molecule has 1 aliphatic heterocycles. The third kappa shape index (κ3) is 0.416. The van der Waals surface area contributed by atoms with E-state index in [0.717, 1.165) is 12.0 Å². The maximum absolute atomic E-state index is 3.37. The highest BCUT2D eigenvalue weighted by Crippen LogP contribution is 2.22. The van der Waals surface area contributed by atoms with Gasteiger partial charge in [-0.15, -0.1) is 0 Å². The van der Waals surface area contributed by atoms with E-state index >= 15 is 0 Å². The summed E-state index contributed by atoms with van der Waals surface area (Å²) in [6.45, 7) is 1.22. The van der Waals surface area contributed by atoms with Crippen LogP contribution in [0.2, 0.25) is 0 Å². The summed E-state index contributed by atoms with van der Waals surface area (Å²) in [5.41, 5.74) is 0. The van der Waals surface area contributed by atoms with Crippen LogP contribution in [0.25, 0.3) is 0 Å². The Morgan fingerprint density at radius 1 is 1.43 bits per heavy atom. The highest BCUT2D eigenvalue weighted by Gasteiger charge is 2.24. The van der Waals surface area contributed by atoms with Crippen molar-refractivity contribution < 1.29 is 0 Å². The maximum Gasteiger partial charge on any atom is 0.0256 e. The van der Waals surface area contributed by atoms with Crippen LogP contribution in [0, 0.1) is 5.92 Å². The fourth-order valence-corrected chi connectivity index (χ4v) is 1.38. The molecule has 0 radical (unpaired) electrons. The van der Waals surface area contributed by atoms with Gasteiger partial charge in [0, 0.05) is 12.6 Å². The van der Waals surface area contributed by atoms with Gasteiger partial charge in [0.2, 0.25) is 0 Å². The standard InChI is InChI=1S/C6H9N/c1-2-6-3-5(1)4-7-6/h1-2,5-7H,3-4H2/t5-,6+/m1/s1. The molecule has 0 saturated carbocycles. The first-order valence-electron chi connectivity index (χ1n) is 2.87. The maximum atomic E-state index is 3.37. The predicted molar refractivity (Wildman–Crippen MR) is 29.0 cm³/mol. The van der Waals surface area contributed by atoms with Crippen molar-refractivity contribution in [3.05, 3.63) is 12.2 Å². The summed E-state index contributed by atoms with van der Waals surface area (Å²) < 4.78 is 0. The number of hydrogen-bond acceptors (Lipinski definition) is 1. The molecule has 0 aromatic rings. The van der Waals surface area contributed by atoms with Crippen molar-refractivity contribution in [2.75, 3.05) is 6.54 Å². The van der Waals surface area contributed by atoms with Crippen LogP contribution in [0.3, 0.4) is 0 Å². The van der Waals surface area contributed by atoms with Crippen molar-refractivity contribution in [2.24, 2.45) is 5.92 Å². The van der Waals surface area contributed by atoms with Gasteiger partial charge >= 0.3 is 0 Å². The first-order chi connectivity index (χ1) is 3.45. The summed E-state index contributed by atoms with van der Waals surface area (Å²) in [5, 5.41) is 3.37. The van der Waals surface area contributed by atoms with E-state index in [1.807, 2.05) is 0 Å². The van der Waals surface area contributed by atoms with Crippen LogP contribution in [0.5, 0.6) is 0 Å². The monoisotopic (exact) mass is 95.1 g/mol. The van der Waals surface area contributed by atoms with E-state index in [1.165, 1.54) is 13.0 Å². The van der Waals surface area contributed by atoms with E-state index < -0.39 is 0 Å². The van der Waals surface area contributed by atoms with Gasteiger partial charge in [0.15, 0.2) is 0 Å². The van der Waals surface area contributed by atoms with E-state index in [4.69, 9.17) is 0 Å². The Hall–Kier alpha value is -0.300. The summed E-state index contributed by atoms with van der Waals surface area (Å²) in [6.07, 6.45) is 5.95. The van der Waals surface area contributed by atoms with Crippen LogP contribution in [-0.2, 0) is 0 Å². The molecular weight excluding hydrogens is 86.1 g/mol. The smallest absolute Gasteiger partial charge is 0.0256 e. The zero-order valence-corrected chi connectivity index (χ0v) is 4.22. The number of fused-ring (bicyclic) bond motifs is 2. The molecule has 0 aromatic carbocycles. The highest BCUT2D eigenvalue weighted by molar-refractivity contribution is 5.11. The summed E-state index contributed by atoms with van der Waals surface area (Å²) in [4.78, 5) is 0. The lowest BCUT2D eigenvalue weighted by atomic mass is 10.2. The minimum atomic E-state index is 0.741. The molecule has 2 aliphatic rings. The molecule has 2 bridgehead atoms. The second-order valence-corrected chi connectivity index (χ2v) is 2.40. The molecule has 0 amide bonds. The molecule has 2 atom stereocenters. The molecule has 1 heterocycles. The Morgan fingerprint density at radius 3 is 2.57 bits per heavy atom. The lowest BCUT2D eigenvalue weighted by Gasteiger charge is -2.00. The third-order valence-electron chi connectivity index (χ3n) is 1.81. The highest BCUT2D eigenvalue weighted by atomic mass is 15.0. The van der Waals surface area contributed by atoms with Crippen molar-refractivity contribution in [1.82, 2.24) is 5.32 Å². The van der Waals surface area contributed by atoms with Crippen LogP contribution in [0.4, 0.5) is 0 Å². The minimum absolute atomic E-state index is 0.741. The van der Waals surface area contributed by atoms with Gasteiger partial charge in [-0.3, -0.25) is 0 Å². The fourth-order valence-electron chi connectivity index (χ4n) is 1.38. The average Bonchev–Trinajstić information content (AvgIpc) is 2.22. The topological polar surface area (TPSA) is 12.0 Å². The SMILES string of the molecule is C1=C[C@H]2C[C@@H]1CN2. The molecular formula is C6H9N. The molecule has 0 unspecified atom stereocenters. The average molecular weight is 95.1 g/mol. The Bertz CT molecular complexity index is 94.7. The quantitative estimate of drug-likeness (QED) is 0.433. The molecule has 1 nitrogen and oxygen atoms in total. The van der Waals surface area contributed by atoms with Gasteiger partial charge in [-0.1, -0.05) is 12.2 Å². The zero-order chi connectivity index (χ0) is 4.69. The molecule has 0 spiro atoms. The van der Waals surface area contributed by atoms with Gasteiger partial charge in [-0.25, -0.2) is 0 Å². The fraction of sp³-hybridized carbons (Fsp3) is 0.667. The summed E-state index contributed by atoms with van der Waals surface area (Å²) in [6, 6.07) is 0.741. The first-order valence-corrected chi connectivity index (χ1v) is 2.87. The number of hydrogen-bond donors (Lipinski definition) is 1. The largest absolute Gasteiger partial charge is 0.310 e. The third-order valence-corrected chi connectivity index (χ3v) is 1.81. The molecule has 1 saturated heterocycles. The van der Waals surface area contributed by atoms with Crippen LogP contribution < -0.4 is 5.32 Å². The van der Waals surface area contributed by atoms with E-state index in [-0.39, 0.29) is 0 Å². The van der Waals surface area contributed by atoms with Crippen LogP contribution in [0.1, 0.15) is 6.42 Å². The Labute approximate surface area is 43.4 Å².